The first-order valence-electron chi connectivity index (χ1n) is 5.66. The summed E-state index contributed by atoms with van der Waals surface area (Å²) in [4.78, 5) is 3.24. The molecule has 0 radical (unpaired) electrons. The molecule has 0 N–H and O–H groups in total. The monoisotopic (exact) mass is 267 g/mol. The molecule has 1 unspecified atom stereocenters. The van der Waals surface area contributed by atoms with Gasteiger partial charge in [-0.05, 0) is 37.4 Å². The molecule has 1 aliphatic heterocycles. The molecule has 0 aliphatic carbocycles. The van der Waals surface area contributed by atoms with Crippen LogP contribution in [0.3, 0.4) is 0 Å². The van der Waals surface area contributed by atoms with E-state index in [1.807, 2.05) is 0 Å². The molecule has 0 bridgehead atoms. The predicted molar refractivity (Wildman–Crippen MR) is 68.4 cm³/mol. The van der Waals surface area contributed by atoms with Crippen LogP contribution >= 0.6 is 15.9 Å². The summed E-state index contributed by atoms with van der Waals surface area (Å²) in [5.74, 6) is 0. The van der Waals surface area contributed by atoms with E-state index in [4.69, 9.17) is 0 Å². The van der Waals surface area contributed by atoms with E-state index in [1.165, 1.54) is 37.1 Å². The number of benzene rings is 1. The summed E-state index contributed by atoms with van der Waals surface area (Å²) in [6.45, 7) is 5.74. The minimum atomic E-state index is 0.690. The lowest BCUT2D eigenvalue weighted by atomic mass is 10.1. The molecule has 1 heterocycles. The third-order valence-electron chi connectivity index (χ3n) is 3.10. The van der Waals surface area contributed by atoms with Gasteiger partial charge in [0.25, 0.3) is 0 Å². The van der Waals surface area contributed by atoms with Crippen molar-refractivity contribution in [2.45, 2.75) is 31.1 Å². The van der Waals surface area contributed by atoms with Crippen molar-refractivity contribution in [3.8, 4) is 0 Å². The molecular formula is C13H18BrN. The van der Waals surface area contributed by atoms with Crippen LogP contribution in [0.2, 0.25) is 0 Å². The minimum absolute atomic E-state index is 0.690. The van der Waals surface area contributed by atoms with Crippen molar-refractivity contribution >= 4 is 15.9 Å². The van der Waals surface area contributed by atoms with Gasteiger partial charge in [-0.3, -0.25) is 4.90 Å². The minimum Gasteiger partial charge on any atom is -0.298 e. The normalized spacial score (nSPS) is 22.9. The van der Waals surface area contributed by atoms with Gasteiger partial charge in [0.05, 0.1) is 0 Å². The van der Waals surface area contributed by atoms with Crippen LogP contribution in [0.5, 0.6) is 0 Å². The van der Waals surface area contributed by atoms with E-state index in [0.717, 1.165) is 6.54 Å². The van der Waals surface area contributed by atoms with Gasteiger partial charge in [0.1, 0.15) is 0 Å². The number of halogens is 1. The number of aryl methyl sites for hydroxylation is 1. The number of rotatable bonds is 2. The van der Waals surface area contributed by atoms with Gasteiger partial charge < -0.3 is 0 Å². The highest BCUT2D eigenvalue weighted by Gasteiger charge is 2.17. The highest BCUT2D eigenvalue weighted by molar-refractivity contribution is 9.09. The van der Waals surface area contributed by atoms with Crippen molar-refractivity contribution in [3.63, 3.8) is 0 Å². The zero-order valence-electron chi connectivity index (χ0n) is 9.25. The first kappa shape index (κ1) is 11.2. The van der Waals surface area contributed by atoms with Crippen molar-refractivity contribution in [3.05, 3.63) is 35.4 Å². The molecule has 1 nitrogen and oxygen atoms in total. The molecule has 15 heavy (non-hydrogen) atoms. The number of likely N-dealkylation sites (tertiary alicyclic amines) is 1. The summed E-state index contributed by atoms with van der Waals surface area (Å²) in [5, 5.41) is 0. The smallest absolute Gasteiger partial charge is 0.0273 e. The molecule has 2 heteroatoms. The van der Waals surface area contributed by atoms with Crippen LogP contribution in [0, 0.1) is 6.92 Å². The topological polar surface area (TPSA) is 3.24 Å². The maximum atomic E-state index is 3.72. The van der Waals surface area contributed by atoms with Crippen LogP contribution in [0.15, 0.2) is 24.3 Å². The molecular weight excluding hydrogens is 250 g/mol. The molecule has 2 rings (SSSR count). The maximum absolute atomic E-state index is 3.72. The van der Waals surface area contributed by atoms with E-state index in [0.29, 0.717) is 4.83 Å². The first-order chi connectivity index (χ1) is 7.25. The summed E-state index contributed by atoms with van der Waals surface area (Å²) in [5.41, 5.74) is 2.88. The van der Waals surface area contributed by atoms with Gasteiger partial charge in [0.15, 0.2) is 0 Å². The van der Waals surface area contributed by atoms with E-state index < -0.39 is 0 Å². The quantitative estimate of drug-likeness (QED) is 0.743. The van der Waals surface area contributed by atoms with E-state index in [2.05, 4.69) is 52.0 Å². The number of hydrogen-bond donors (Lipinski definition) is 0. The predicted octanol–water partition coefficient (Wildman–Crippen LogP) is 3.35. The highest BCUT2D eigenvalue weighted by Crippen LogP contribution is 2.19. The van der Waals surface area contributed by atoms with E-state index in [9.17, 15) is 0 Å². The second-order valence-corrected chi connectivity index (χ2v) is 5.70. The highest BCUT2D eigenvalue weighted by atomic mass is 79.9. The average Bonchev–Trinajstić information content (AvgIpc) is 2.22. The Bertz CT molecular complexity index is 324. The average molecular weight is 268 g/mol. The summed E-state index contributed by atoms with van der Waals surface area (Å²) < 4.78 is 0. The lowest BCUT2D eigenvalue weighted by molar-refractivity contribution is 0.227. The fourth-order valence-corrected chi connectivity index (χ4v) is 2.90. The Morgan fingerprint density at radius 2 is 2.20 bits per heavy atom. The van der Waals surface area contributed by atoms with Gasteiger partial charge in [-0.2, -0.15) is 0 Å². The SMILES string of the molecule is Cc1ccccc1CN1CCCC(Br)C1. The molecule has 0 aromatic heterocycles. The van der Waals surface area contributed by atoms with E-state index in [-0.39, 0.29) is 0 Å². The zero-order chi connectivity index (χ0) is 10.7. The molecule has 1 aliphatic rings. The molecule has 0 amide bonds. The first-order valence-corrected chi connectivity index (χ1v) is 6.58. The number of hydrogen-bond acceptors (Lipinski definition) is 1. The van der Waals surface area contributed by atoms with Gasteiger partial charge in [0, 0.05) is 17.9 Å². The fraction of sp³-hybridized carbons (Fsp3) is 0.538. The second-order valence-electron chi connectivity index (χ2n) is 4.40. The number of nitrogens with zero attached hydrogens (tertiary/aromatic N) is 1. The van der Waals surface area contributed by atoms with Gasteiger partial charge in [-0.15, -0.1) is 0 Å². The van der Waals surface area contributed by atoms with Gasteiger partial charge in [0.2, 0.25) is 0 Å². The van der Waals surface area contributed by atoms with Crippen molar-refractivity contribution in [2.24, 2.45) is 0 Å². The fourth-order valence-electron chi connectivity index (χ4n) is 2.17. The number of piperidine rings is 1. The van der Waals surface area contributed by atoms with E-state index >= 15 is 0 Å². The Labute approximate surface area is 101 Å². The lowest BCUT2D eigenvalue weighted by Gasteiger charge is -2.30. The van der Waals surface area contributed by atoms with Crippen LogP contribution in [-0.2, 0) is 6.54 Å². The molecule has 1 aromatic carbocycles. The van der Waals surface area contributed by atoms with E-state index in [1.54, 1.807) is 0 Å². The number of alkyl halides is 1. The third kappa shape index (κ3) is 3.05. The molecule has 1 aromatic rings. The standard InChI is InChI=1S/C13H18BrN/c1-11-5-2-3-6-12(11)9-15-8-4-7-13(14)10-15/h2-3,5-6,13H,4,7-10H2,1H3. The van der Waals surface area contributed by atoms with Gasteiger partial charge in [-0.1, -0.05) is 40.2 Å². The van der Waals surface area contributed by atoms with Crippen molar-refractivity contribution in [1.82, 2.24) is 4.90 Å². The van der Waals surface area contributed by atoms with Crippen LogP contribution in [0.4, 0.5) is 0 Å². The van der Waals surface area contributed by atoms with Crippen LogP contribution in [0.1, 0.15) is 24.0 Å². The molecule has 1 atom stereocenters. The molecule has 1 fully saturated rings. The van der Waals surface area contributed by atoms with Crippen LogP contribution in [0.25, 0.3) is 0 Å². The Morgan fingerprint density at radius 1 is 1.40 bits per heavy atom. The Hall–Kier alpha value is -0.340. The third-order valence-corrected chi connectivity index (χ3v) is 3.85. The van der Waals surface area contributed by atoms with Crippen LogP contribution < -0.4 is 0 Å². The van der Waals surface area contributed by atoms with Crippen molar-refractivity contribution in [2.75, 3.05) is 13.1 Å². The lowest BCUT2D eigenvalue weighted by Crippen LogP contribution is -2.35. The maximum Gasteiger partial charge on any atom is 0.0273 e. The molecule has 0 spiro atoms. The summed E-state index contributed by atoms with van der Waals surface area (Å²) in [6.07, 6.45) is 2.64. The molecule has 0 saturated carbocycles. The summed E-state index contributed by atoms with van der Waals surface area (Å²) in [6, 6.07) is 8.69. The molecule has 1 saturated heterocycles. The van der Waals surface area contributed by atoms with Crippen molar-refractivity contribution < 1.29 is 0 Å². The Kier molecular flexibility index (Phi) is 3.81. The second kappa shape index (κ2) is 5.13. The largest absolute Gasteiger partial charge is 0.298 e. The van der Waals surface area contributed by atoms with Crippen LogP contribution in [-0.4, -0.2) is 22.8 Å². The van der Waals surface area contributed by atoms with Gasteiger partial charge >= 0.3 is 0 Å². The Balaban J connectivity index is 1.99. The Morgan fingerprint density at radius 3 is 2.93 bits per heavy atom. The summed E-state index contributed by atoms with van der Waals surface area (Å²) >= 11 is 3.72. The van der Waals surface area contributed by atoms with Crippen molar-refractivity contribution in [1.29, 1.82) is 0 Å². The summed E-state index contributed by atoms with van der Waals surface area (Å²) in [7, 11) is 0. The zero-order valence-corrected chi connectivity index (χ0v) is 10.8. The molecule has 82 valence electrons. The van der Waals surface area contributed by atoms with Gasteiger partial charge in [-0.25, -0.2) is 0 Å².